The Hall–Kier alpha value is -4.62. The van der Waals surface area contributed by atoms with E-state index < -0.39 is 40.8 Å². The van der Waals surface area contributed by atoms with Crippen LogP contribution in [0, 0.1) is 5.82 Å². The van der Waals surface area contributed by atoms with E-state index in [9.17, 15) is 31.9 Å². The highest BCUT2D eigenvalue weighted by molar-refractivity contribution is 6.28. The lowest BCUT2D eigenvalue weighted by atomic mass is 10.0. The number of hydrogen-bond donors (Lipinski definition) is 3. The van der Waals surface area contributed by atoms with E-state index in [4.69, 9.17) is 4.74 Å². The lowest BCUT2D eigenvalue weighted by Gasteiger charge is -2.35. The summed E-state index contributed by atoms with van der Waals surface area (Å²) in [5, 5.41) is 8.75. The van der Waals surface area contributed by atoms with Gasteiger partial charge in [-0.05, 0) is 63.4 Å². The zero-order valence-electron chi connectivity index (χ0n) is 25.9. The van der Waals surface area contributed by atoms with Crippen LogP contribution in [0.3, 0.4) is 0 Å². The molecule has 5 rings (SSSR count). The molecule has 2 aromatic rings. The van der Waals surface area contributed by atoms with Crippen molar-refractivity contribution in [3.8, 4) is 0 Å². The Labute approximate surface area is 263 Å². The Kier molecular flexibility index (Phi) is 9.00. The smallest absolute Gasteiger partial charge is 0.416 e. The largest absolute Gasteiger partial charge is 0.444 e. The molecule has 3 N–H and O–H groups in total. The minimum atomic E-state index is -4.82. The lowest BCUT2D eigenvalue weighted by Crippen LogP contribution is -2.48. The fraction of sp³-hybridized carbons (Fsp3) is 0.438. The number of carbonyl (C=O) groups excluding carboxylic acids is 3. The van der Waals surface area contributed by atoms with Gasteiger partial charge in [0.15, 0.2) is 6.17 Å². The Bertz CT molecular complexity index is 1570. The maximum Gasteiger partial charge on any atom is 0.416 e. The molecular weight excluding hydrogens is 608 g/mol. The number of amides is 3. The van der Waals surface area contributed by atoms with E-state index in [0.717, 1.165) is 18.2 Å². The van der Waals surface area contributed by atoms with Crippen LogP contribution in [0.25, 0.3) is 0 Å². The molecular formula is C32H36F4N6O4. The van der Waals surface area contributed by atoms with Gasteiger partial charge in [0.25, 0.3) is 5.91 Å². The van der Waals surface area contributed by atoms with Gasteiger partial charge in [0.1, 0.15) is 22.8 Å². The highest BCUT2D eigenvalue weighted by Gasteiger charge is 2.42. The molecule has 246 valence electrons. The van der Waals surface area contributed by atoms with Gasteiger partial charge in [-0.25, -0.2) is 9.18 Å². The van der Waals surface area contributed by atoms with Gasteiger partial charge in [-0.2, -0.15) is 13.2 Å². The van der Waals surface area contributed by atoms with Crippen LogP contribution in [0.2, 0.25) is 0 Å². The molecule has 3 amide bonds. The first-order valence-corrected chi connectivity index (χ1v) is 14.9. The van der Waals surface area contributed by atoms with Crippen LogP contribution in [0.4, 0.5) is 28.0 Å². The minimum absolute atomic E-state index is 0.00638. The molecule has 0 radical (unpaired) electrons. The van der Waals surface area contributed by atoms with Crippen molar-refractivity contribution in [2.24, 2.45) is 4.99 Å². The summed E-state index contributed by atoms with van der Waals surface area (Å²) in [5.41, 5.74) is -0.781. The maximum absolute atomic E-state index is 14.9. The predicted octanol–water partition coefficient (Wildman–Crippen LogP) is 4.74. The van der Waals surface area contributed by atoms with Crippen LogP contribution >= 0.6 is 0 Å². The van der Waals surface area contributed by atoms with Crippen LogP contribution in [0.15, 0.2) is 58.9 Å². The molecule has 0 spiro atoms. The van der Waals surface area contributed by atoms with Crippen molar-refractivity contribution in [3.63, 3.8) is 0 Å². The second kappa shape index (κ2) is 12.6. The van der Waals surface area contributed by atoms with E-state index in [1.807, 2.05) is 20.8 Å². The number of nitrogens with zero attached hydrogens (tertiary/aromatic N) is 3. The standard InChI is InChI=1S/C32H36F4N6O4/c1-31(2,3)46-30(45)42-14-12-20(13-15-42)38-24(43)16-18-8-10-19(11-9-18)39-28-26-23(17-37-29(26)44)40-27(41(28)4)25-21(32(34,35)36)6-5-7-22(25)33/h5-11,20,27,39H,12-17H2,1-4H3,(H,37,44)(H,38,43). The van der Waals surface area contributed by atoms with Crippen LogP contribution in [-0.4, -0.2) is 71.7 Å². The van der Waals surface area contributed by atoms with Crippen LogP contribution in [0.5, 0.6) is 0 Å². The normalized spacial score (nSPS) is 19.0. The number of hydrogen-bond acceptors (Lipinski definition) is 7. The molecule has 1 unspecified atom stereocenters. The average molecular weight is 645 g/mol. The number of aliphatic imine (C=N–C) groups is 1. The van der Waals surface area contributed by atoms with E-state index in [1.54, 1.807) is 29.2 Å². The lowest BCUT2D eigenvalue weighted by molar-refractivity contribution is -0.139. The van der Waals surface area contributed by atoms with Gasteiger partial charge in [-0.1, -0.05) is 18.2 Å². The summed E-state index contributed by atoms with van der Waals surface area (Å²) < 4.78 is 61.9. The number of anilines is 1. The SMILES string of the molecule is CN1C(Nc2ccc(CC(=O)NC3CCN(C(=O)OC(C)(C)C)CC3)cc2)=C2C(=O)NCC2=NC1c1c(F)cccc1C(F)(F)F. The molecule has 1 atom stereocenters. The van der Waals surface area contributed by atoms with Gasteiger partial charge < -0.3 is 30.5 Å². The third-order valence-corrected chi connectivity index (χ3v) is 7.88. The summed E-state index contributed by atoms with van der Waals surface area (Å²) in [6.07, 6.45) is -5.25. The highest BCUT2D eigenvalue weighted by Crippen LogP contribution is 2.41. The molecule has 0 saturated carbocycles. The molecule has 2 fully saturated rings. The monoisotopic (exact) mass is 644 g/mol. The molecule has 3 aliphatic heterocycles. The van der Waals surface area contributed by atoms with E-state index in [2.05, 4.69) is 20.9 Å². The molecule has 0 aromatic heterocycles. The molecule has 14 heteroatoms. The fourth-order valence-corrected chi connectivity index (χ4v) is 5.65. The molecule has 2 aromatic carbocycles. The zero-order chi connectivity index (χ0) is 33.4. The molecule has 10 nitrogen and oxygen atoms in total. The second-order valence-corrected chi connectivity index (χ2v) is 12.5. The molecule has 3 aliphatic rings. The third-order valence-electron chi connectivity index (χ3n) is 7.88. The first-order valence-electron chi connectivity index (χ1n) is 14.9. The van der Waals surface area contributed by atoms with Crippen LogP contribution < -0.4 is 16.0 Å². The first kappa shape index (κ1) is 32.8. The van der Waals surface area contributed by atoms with Crippen molar-refractivity contribution < 1.29 is 36.7 Å². The minimum Gasteiger partial charge on any atom is -0.444 e. The molecule has 46 heavy (non-hydrogen) atoms. The third kappa shape index (κ3) is 7.26. The first-order chi connectivity index (χ1) is 21.6. The van der Waals surface area contributed by atoms with Crippen LogP contribution in [0.1, 0.15) is 56.5 Å². The average Bonchev–Trinajstić information content (AvgIpc) is 3.34. The number of rotatable bonds is 6. The summed E-state index contributed by atoms with van der Waals surface area (Å²) >= 11 is 0. The van der Waals surface area contributed by atoms with Crippen molar-refractivity contribution in [2.45, 2.75) is 64.0 Å². The summed E-state index contributed by atoms with van der Waals surface area (Å²) in [5.74, 6) is -1.52. The number of alkyl halides is 3. The Morgan fingerprint density at radius 3 is 2.37 bits per heavy atom. The van der Waals surface area contributed by atoms with Crippen molar-refractivity contribution in [2.75, 3.05) is 32.0 Å². The van der Waals surface area contributed by atoms with Crippen molar-refractivity contribution in [1.29, 1.82) is 0 Å². The molecule has 0 bridgehead atoms. The highest BCUT2D eigenvalue weighted by atomic mass is 19.4. The number of halogens is 4. The molecule has 3 heterocycles. The number of benzene rings is 2. The predicted molar refractivity (Wildman–Crippen MR) is 162 cm³/mol. The van der Waals surface area contributed by atoms with Gasteiger partial charge in [0.05, 0.1) is 24.2 Å². The van der Waals surface area contributed by atoms with Gasteiger partial charge >= 0.3 is 12.3 Å². The van der Waals surface area contributed by atoms with Crippen molar-refractivity contribution >= 4 is 29.3 Å². The number of carbonyl (C=O) groups is 3. The van der Waals surface area contributed by atoms with E-state index in [-0.39, 0.29) is 48.1 Å². The number of likely N-dealkylation sites (tertiary alicyclic amines) is 1. The van der Waals surface area contributed by atoms with Crippen molar-refractivity contribution in [3.05, 3.63) is 76.4 Å². The van der Waals surface area contributed by atoms with Gasteiger partial charge in [0.2, 0.25) is 5.91 Å². The van der Waals surface area contributed by atoms with Gasteiger partial charge in [-0.15, -0.1) is 0 Å². The van der Waals surface area contributed by atoms with E-state index in [0.29, 0.717) is 37.2 Å². The second-order valence-electron chi connectivity index (χ2n) is 12.5. The number of piperidine rings is 1. The number of ether oxygens (including phenoxy) is 1. The fourth-order valence-electron chi connectivity index (χ4n) is 5.65. The maximum atomic E-state index is 14.9. The molecule has 0 aliphatic carbocycles. The van der Waals surface area contributed by atoms with Crippen LogP contribution in [-0.2, 0) is 26.9 Å². The summed E-state index contributed by atoms with van der Waals surface area (Å²) in [4.78, 5) is 45.1. The molecule has 2 saturated heterocycles. The van der Waals surface area contributed by atoms with E-state index >= 15 is 0 Å². The quantitative estimate of drug-likeness (QED) is 0.392. The number of fused-ring (bicyclic) bond motifs is 1. The summed E-state index contributed by atoms with van der Waals surface area (Å²) in [6, 6.07) is 9.49. The summed E-state index contributed by atoms with van der Waals surface area (Å²) in [7, 11) is 1.44. The van der Waals surface area contributed by atoms with E-state index in [1.165, 1.54) is 11.9 Å². The van der Waals surface area contributed by atoms with Gasteiger partial charge in [0, 0.05) is 37.4 Å². The Morgan fingerprint density at radius 1 is 1.07 bits per heavy atom. The Balaban J connectivity index is 1.24. The van der Waals surface area contributed by atoms with Gasteiger partial charge in [-0.3, -0.25) is 14.6 Å². The topological polar surface area (TPSA) is 115 Å². The summed E-state index contributed by atoms with van der Waals surface area (Å²) in [6.45, 7) is 6.38. The van der Waals surface area contributed by atoms with Crippen molar-refractivity contribution in [1.82, 2.24) is 20.4 Å². The number of nitrogens with one attached hydrogen (secondary N) is 3. The zero-order valence-corrected chi connectivity index (χ0v) is 25.9. The Morgan fingerprint density at radius 2 is 1.74 bits per heavy atom.